The van der Waals surface area contributed by atoms with E-state index in [4.69, 9.17) is 9.15 Å². The lowest BCUT2D eigenvalue weighted by Gasteiger charge is -2.07. The number of nitrogens with zero attached hydrogens (tertiary/aromatic N) is 4. The maximum Gasteiger partial charge on any atom is 0.433 e. The van der Waals surface area contributed by atoms with E-state index in [2.05, 4.69) is 15.1 Å². The molecule has 0 fully saturated rings. The van der Waals surface area contributed by atoms with E-state index in [1.807, 2.05) is 6.07 Å². The van der Waals surface area contributed by atoms with Crippen molar-refractivity contribution in [3.8, 4) is 34.4 Å². The Kier molecular flexibility index (Phi) is 4.68. The largest absolute Gasteiger partial charge is 0.494 e. The van der Waals surface area contributed by atoms with E-state index >= 15 is 0 Å². The van der Waals surface area contributed by atoms with Crippen molar-refractivity contribution in [2.24, 2.45) is 0 Å². The van der Waals surface area contributed by atoms with Crippen molar-refractivity contribution in [3.05, 3.63) is 69.8 Å². The van der Waals surface area contributed by atoms with Crippen molar-refractivity contribution in [1.82, 2.24) is 19.6 Å². The second-order valence-electron chi connectivity index (χ2n) is 7.42. The Hall–Kier alpha value is -4.59. The van der Waals surface area contributed by atoms with Gasteiger partial charge < -0.3 is 9.15 Å². The quantitative estimate of drug-likeness (QED) is 0.414. The van der Waals surface area contributed by atoms with Gasteiger partial charge in [0.2, 0.25) is 5.89 Å². The van der Waals surface area contributed by atoms with Crippen molar-refractivity contribution >= 4 is 16.7 Å². The van der Waals surface area contributed by atoms with Crippen LogP contribution in [-0.2, 0) is 6.18 Å². The lowest BCUT2D eigenvalue weighted by molar-refractivity contribution is -0.140. The topological polar surface area (TPSA) is 109 Å². The number of benzene rings is 2. The average molecular weight is 465 g/mol. The number of aromatic amines is 1. The Morgan fingerprint density at radius 1 is 1.15 bits per heavy atom. The number of alkyl halides is 3. The Morgan fingerprint density at radius 3 is 2.53 bits per heavy atom. The summed E-state index contributed by atoms with van der Waals surface area (Å²) in [5.74, 6) is 0.0960. The minimum Gasteiger partial charge on any atom is -0.494 e. The lowest BCUT2D eigenvalue weighted by Crippen LogP contribution is -2.19. The average Bonchev–Trinajstić information content (AvgIpc) is 3.40. The van der Waals surface area contributed by atoms with Crippen LogP contribution in [0.15, 0.2) is 51.7 Å². The highest BCUT2D eigenvalue weighted by molar-refractivity contribution is 5.85. The SMILES string of the molecule is COc1cc(C#N)cc2oc(-c3c(C)nc4c(-c5ccccc5)c(C(F)(F)F)[nH]n4c3=O)nc12. The maximum atomic E-state index is 13.9. The predicted octanol–water partition coefficient (Wildman–Crippen LogP) is 4.71. The molecular weight excluding hydrogens is 451 g/mol. The Labute approximate surface area is 188 Å². The van der Waals surface area contributed by atoms with Crippen molar-refractivity contribution in [2.45, 2.75) is 13.1 Å². The molecule has 0 aliphatic heterocycles. The minimum absolute atomic E-state index is 0.121. The van der Waals surface area contributed by atoms with Crippen LogP contribution >= 0.6 is 0 Å². The molecule has 3 aromatic heterocycles. The molecule has 34 heavy (non-hydrogen) atoms. The van der Waals surface area contributed by atoms with Gasteiger partial charge in [-0.2, -0.15) is 22.9 Å². The molecule has 0 atom stereocenters. The van der Waals surface area contributed by atoms with E-state index in [1.54, 1.807) is 18.2 Å². The standard InChI is InChI=1S/C23H14F3N5O3/c1-11-16(21-29-18-14(33-2)8-12(10-27)9-15(18)34-21)22(32)31-20(28-11)17(13-6-4-3-5-7-13)19(30-31)23(24,25)26/h3-9,30H,1-2H3. The second kappa shape index (κ2) is 7.48. The molecule has 0 spiro atoms. The Balaban J connectivity index is 1.82. The zero-order chi connectivity index (χ0) is 24.2. The van der Waals surface area contributed by atoms with E-state index in [0.717, 1.165) is 4.52 Å². The zero-order valence-electron chi connectivity index (χ0n) is 17.7. The smallest absolute Gasteiger partial charge is 0.433 e. The number of oxazole rings is 1. The van der Waals surface area contributed by atoms with Crippen molar-refractivity contribution < 1.29 is 22.3 Å². The summed E-state index contributed by atoms with van der Waals surface area (Å²) in [6.07, 6.45) is -4.77. The van der Waals surface area contributed by atoms with Crippen LogP contribution in [0.2, 0.25) is 0 Å². The fourth-order valence-corrected chi connectivity index (χ4v) is 3.83. The molecule has 11 heteroatoms. The summed E-state index contributed by atoms with van der Waals surface area (Å²) < 4.78 is 53.3. The molecule has 8 nitrogen and oxygen atoms in total. The van der Waals surface area contributed by atoms with Gasteiger partial charge in [-0.15, -0.1) is 0 Å². The van der Waals surface area contributed by atoms with Gasteiger partial charge in [0.1, 0.15) is 17.0 Å². The highest BCUT2D eigenvalue weighted by atomic mass is 19.4. The van der Waals surface area contributed by atoms with Crippen LogP contribution in [-0.4, -0.2) is 26.7 Å². The number of methoxy groups -OCH3 is 1. The van der Waals surface area contributed by atoms with Crippen LogP contribution in [0.5, 0.6) is 5.75 Å². The number of hydrogen-bond donors (Lipinski definition) is 1. The van der Waals surface area contributed by atoms with Crippen molar-refractivity contribution in [2.75, 3.05) is 7.11 Å². The van der Waals surface area contributed by atoms with Gasteiger partial charge in [-0.05, 0) is 12.5 Å². The van der Waals surface area contributed by atoms with Crippen LogP contribution in [0.4, 0.5) is 13.2 Å². The lowest BCUT2D eigenvalue weighted by atomic mass is 10.1. The molecule has 0 amide bonds. The third-order valence-electron chi connectivity index (χ3n) is 5.33. The van der Waals surface area contributed by atoms with E-state index in [1.165, 1.54) is 38.3 Å². The molecule has 0 bridgehead atoms. The van der Waals surface area contributed by atoms with Crippen molar-refractivity contribution in [3.63, 3.8) is 0 Å². The second-order valence-corrected chi connectivity index (χ2v) is 7.42. The van der Waals surface area contributed by atoms with Gasteiger partial charge in [-0.25, -0.2) is 9.97 Å². The molecule has 0 radical (unpaired) electrons. The summed E-state index contributed by atoms with van der Waals surface area (Å²) in [6, 6.07) is 12.7. The molecule has 0 unspecified atom stereocenters. The van der Waals surface area contributed by atoms with Gasteiger partial charge in [0.25, 0.3) is 5.56 Å². The number of nitrogens with one attached hydrogen (secondary N) is 1. The summed E-state index contributed by atoms with van der Waals surface area (Å²) in [5, 5.41) is 11.4. The number of aryl methyl sites for hydroxylation is 1. The van der Waals surface area contributed by atoms with Gasteiger partial charge in [-0.1, -0.05) is 30.3 Å². The summed E-state index contributed by atoms with van der Waals surface area (Å²) in [5.41, 5.74) is -1.38. The summed E-state index contributed by atoms with van der Waals surface area (Å²) in [4.78, 5) is 22.0. The van der Waals surface area contributed by atoms with Crippen LogP contribution in [0.25, 0.3) is 39.3 Å². The summed E-state index contributed by atoms with van der Waals surface area (Å²) in [7, 11) is 1.39. The number of rotatable bonds is 3. The first-order chi connectivity index (χ1) is 16.2. The molecule has 1 N–H and O–H groups in total. The highest BCUT2D eigenvalue weighted by Gasteiger charge is 2.38. The molecule has 5 aromatic rings. The summed E-state index contributed by atoms with van der Waals surface area (Å²) >= 11 is 0. The number of halogens is 3. The first-order valence-corrected chi connectivity index (χ1v) is 9.90. The number of fused-ring (bicyclic) bond motifs is 2. The van der Waals surface area contributed by atoms with Crippen molar-refractivity contribution in [1.29, 1.82) is 5.26 Å². The summed E-state index contributed by atoms with van der Waals surface area (Å²) in [6.45, 7) is 1.48. The molecule has 3 heterocycles. The van der Waals surface area contributed by atoms with Crippen LogP contribution in [0.1, 0.15) is 17.0 Å². The van der Waals surface area contributed by atoms with Crippen LogP contribution in [0.3, 0.4) is 0 Å². The van der Waals surface area contributed by atoms with Gasteiger partial charge in [0, 0.05) is 12.1 Å². The van der Waals surface area contributed by atoms with Gasteiger partial charge in [-0.3, -0.25) is 9.89 Å². The van der Waals surface area contributed by atoms with Gasteiger partial charge >= 0.3 is 6.18 Å². The minimum atomic E-state index is -4.77. The number of hydrogen-bond acceptors (Lipinski definition) is 6. The molecule has 0 aliphatic rings. The van der Waals surface area contributed by atoms with E-state index in [-0.39, 0.29) is 56.3 Å². The zero-order valence-corrected chi connectivity index (χ0v) is 17.7. The first kappa shape index (κ1) is 21.3. The fourth-order valence-electron chi connectivity index (χ4n) is 3.83. The number of aromatic nitrogens is 4. The Bertz CT molecular complexity index is 1670. The number of ether oxygens (including phenoxy) is 1. The molecular formula is C23H14F3N5O3. The fraction of sp³-hybridized carbons (Fsp3) is 0.130. The van der Waals surface area contributed by atoms with Gasteiger partial charge in [0.15, 0.2) is 16.7 Å². The van der Waals surface area contributed by atoms with E-state index < -0.39 is 17.4 Å². The van der Waals surface area contributed by atoms with Gasteiger partial charge in [0.05, 0.1) is 30.0 Å². The molecule has 2 aromatic carbocycles. The number of nitriles is 1. The van der Waals surface area contributed by atoms with E-state index in [9.17, 15) is 23.2 Å². The molecule has 5 rings (SSSR count). The normalized spacial score (nSPS) is 11.8. The molecule has 0 saturated heterocycles. The first-order valence-electron chi connectivity index (χ1n) is 9.90. The maximum absolute atomic E-state index is 13.9. The molecule has 170 valence electrons. The third-order valence-corrected chi connectivity index (χ3v) is 5.33. The van der Waals surface area contributed by atoms with Crippen LogP contribution in [0, 0.1) is 18.3 Å². The monoisotopic (exact) mass is 465 g/mol. The number of H-pyrrole nitrogens is 1. The van der Waals surface area contributed by atoms with Crippen LogP contribution < -0.4 is 10.3 Å². The third kappa shape index (κ3) is 3.19. The molecule has 0 saturated carbocycles. The highest BCUT2D eigenvalue weighted by Crippen LogP contribution is 2.38. The van der Waals surface area contributed by atoms with E-state index in [0.29, 0.717) is 0 Å². The molecule has 0 aliphatic carbocycles. The Morgan fingerprint density at radius 2 is 1.88 bits per heavy atom. The predicted molar refractivity (Wildman–Crippen MR) is 115 cm³/mol.